The van der Waals surface area contributed by atoms with Crippen molar-refractivity contribution in [3.05, 3.63) is 206 Å². The molecule has 0 bridgehead atoms. The van der Waals surface area contributed by atoms with E-state index in [-0.39, 0.29) is 66.2 Å². The van der Waals surface area contributed by atoms with Crippen molar-refractivity contribution in [1.29, 1.82) is 0 Å². The molecular formula is C52H34N4. The number of para-hydroxylation sites is 4. The lowest BCUT2D eigenvalue weighted by molar-refractivity contribution is 1.13. The third-order valence-corrected chi connectivity index (χ3v) is 9.83. The first kappa shape index (κ1) is 19.7. The minimum Gasteiger partial charge on any atom is -0.309 e. The van der Waals surface area contributed by atoms with Gasteiger partial charge in [0.1, 0.15) is 0 Å². The van der Waals surface area contributed by atoms with Crippen molar-refractivity contribution in [2.75, 3.05) is 0 Å². The second kappa shape index (κ2) is 13.1. The average Bonchev–Trinajstić information content (AvgIpc) is 3.97. The van der Waals surface area contributed by atoms with Crippen LogP contribution >= 0.6 is 0 Å². The molecule has 0 N–H and O–H groups in total. The largest absolute Gasteiger partial charge is 0.309 e. The van der Waals surface area contributed by atoms with Crippen LogP contribution in [0.3, 0.4) is 0 Å². The Kier molecular flexibility index (Phi) is 4.60. The van der Waals surface area contributed by atoms with Gasteiger partial charge in [0.25, 0.3) is 0 Å². The summed E-state index contributed by atoms with van der Waals surface area (Å²) in [7, 11) is 0. The highest BCUT2D eigenvalue weighted by molar-refractivity contribution is 6.10. The zero-order chi connectivity index (χ0) is 50.9. The predicted octanol–water partition coefficient (Wildman–Crippen LogP) is 13.3. The third-order valence-electron chi connectivity index (χ3n) is 9.83. The molecule has 56 heavy (non-hydrogen) atoms. The monoisotopic (exact) mass is 730 g/mol. The van der Waals surface area contributed by atoms with Crippen molar-refractivity contribution in [1.82, 2.24) is 19.1 Å². The van der Waals surface area contributed by atoms with Gasteiger partial charge >= 0.3 is 0 Å². The zero-order valence-electron chi connectivity index (χ0n) is 45.2. The normalized spacial score (nSPS) is 15.6. The topological polar surface area (TPSA) is 35.6 Å². The van der Waals surface area contributed by atoms with Crippen molar-refractivity contribution in [2.45, 2.75) is 0 Å². The summed E-state index contributed by atoms with van der Waals surface area (Å²) in [6, 6.07) is 23.5. The van der Waals surface area contributed by atoms with Gasteiger partial charge in [-0.1, -0.05) is 157 Å². The van der Waals surface area contributed by atoms with E-state index in [1.54, 1.807) is 18.2 Å². The van der Waals surface area contributed by atoms with Crippen LogP contribution in [0.4, 0.5) is 0 Å². The van der Waals surface area contributed by atoms with Crippen LogP contribution in [0.1, 0.15) is 21.9 Å². The molecule has 0 radical (unpaired) electrons. The second-order valence-corrected chi connectivity index (χ2v) is 13.1. The lowest BCUT2D eigenvalue weighted by Crippen LogP contribution is -2.01. The summed E-state index contributed by atoms with van der Waals surface area (Å²) >= 11 is 0. The van der Waals surface area contributed by atoms with Gasteiger partial charge in [-0.25, -0.2) is 9.97 Å². The van der Waals surface area contributed by atoms with Crippen LogP contribution in [-0.2, 0) is 0 Å². The average molecular weight is 731 g/mol. The van der Waals surface area contributed by atoms with Gasteiger partial charge in [-0.15, -0.1) is 0 Å². The van der Waals surface area contributed by atoms with E-state index >= 15 is 0 Å². The molecule has 262 valence electrons. The summed E-state index contributed by atoms with van der Waals surface area (Å²) in [6.45, 7) is 0. The molecule has 8 aromatic carbocycles. The molecule has 11 aromatic rings. The molecule has 0 saturated carbocycles. The minimum absolute atomic E-state index is 0.0304. The summed E-state index contributed by atoms with van der Waals surface area (Å²) < 4.78 is 146. The summed E-state index contributed by atoms with van der Waals surface area (Å²) in [5.74, 6) is 0.294. The van der Waals surface area contributed by atoms with Gasteiger partial charge in [0.05, 0.1) is 55.4 Å². The first-order chi connectivity index (χ1) is 34.4. The fourth-order valence-electron chi connectivity index (χ4n) is 7.28. The molecule has 0 aliphatic heterocycles. The molecule has 4 nitrogen and oxygen atoms in total. The molecule has 0 fully saturated rings. The van der Waals surface area contributed by atoms with E-state index in [2.05, 4.69) is 0 Å². The van der Waals surface area contributed by atoms with Crippen LogP contribution in [0.2, 0.25) is 0 Å². The number of hydrogen-bond donors (Lipinski definition) is 0. The SMILES string of the molecule is [2H]c1c([2H])c([2H])c2c(c1[2H])c1c([2H])c([2H])c([2H])c([2H])c1n2-c1cc(-c2cc(-c3ccc(-c4ccccc4)cc3)nc(-c3ccccc3)n2)cc(-n2c3c([2H])c([2H])c([2H])c([2H])c3c3c([2H])c([2H])c([2H])c([2H])c32)c1. The van der Waals surface area contributed by atoms with Crippen molar-refractivity contribution >= 4 is 43.6 Å². The lowest BCUT2D eigenvalue weighted by atomic mass is 10.0. The van der Waals surface area contributed by atoms with Crippen LogP contribution in [0.25, 0.3) is 100 Å². The van der Waals surface area contributed by atoms with E-state index in [9.17, 15) is 5.48 Å². The Morgan fingerprint density at radius 1 is 0.339 bits per heavy atom. The summed E-state index contributed by atoms with van der Waals surface area (Å²) in [6.07, 6.45) is 0. The fourth-order valence-corrected chi connectivity index (χ4v) is 7.28. The highest BCUT2D eigenvalue weighted by Gasteiger charge is 2.19. The number of nitrogens with zero attached hydrogens (tertiary/aromatic N) is 4. The van der Waals surface area contributed by atoms with Crippen molar-refractivity contribution < 1.29 is 21.9 Å². The molecule has 3 heterocycles. The summed E-state index contributed by atoms with van der Waals surface area (Å²) in [5, 5.41) is -0.760. The highest BCUT2D eigenvalue weighted by atomic mass is 15.0. The first-order valence-electron chi connectivity index (χ1n) is 25.7. The van der Waals surface area contributed by atoms with E-state index in [1.165, 1.54) is 15.2 Å². The van der Waals surface area contributed by atoms with Gasteiger partial charge in [-0.3, -0.25) is 0 Å². The van der Waals surface area contributed by atoms with E-state index in [0.29, 0.717) is 22.6 Å². The Morgan fingerprint density at radius 3 is 1.18 bits per heavy atom. The maximum Gasteiger partial charge on any atom is 0.160 e. The molecule has 0 aliphatic carbocycles. The van der Waals surface area contributed by atoms with Crippen LogP contribution in [-0.4, -0.2) is 19.1 Å². The third kappa shape index (κ3) is 5.31. The van der Waals surface area contributed by atoms with Crippen molar-refractivity contribution in [3.8, 4) is 56.4 Å². The molecular weight excluding hydrogens is 681 g/mol. The minimum atomic E-state index is -0.649. The van der Waals surface area contributed by atoms with Gasteiger partial charge in [-0.2, -0.15) is 0 Å². The molecule has 0 atom stereocenters. The predicted molar refractivity (Wildman–Crippen MR) is 232 cm³/mol. The van der Waals surface area contributed by atoms with E-state index in [1.807, 2.05) is 84.9 Å². The van der Waals surface area contributed by atoms with Gasteiger partial charge in [0.2, 0.25) is 0 Å². The van der Waals surface area contributed by atoms with Crippen LogP contribution < -0.4 is 0 Å². The van der Waals surface area contributed by atoms with Gasteiger partial charge < -0.3 is 9.13 Å². The lowest BCUT2D eigenvalue weighted by Gasteiger charge is -2.16. The standard InChI is InChI=1S/C52H34N4/c1-3-15-35(16-4-1)36-27-29-37(30-28-36)46-34-47(54-52(53-46)38-17-5-2-6-18-38)39-31-40(55-48-23-11-7-19-42(48)43-20-8-12-24-49(43)55)33-41(32-39)56-50-25-13-9-21-44(50)45-22-10-14-26-51(45)56/h1-34H/i7D,8D,9D,10D,11D,12D,13D,14D,19D,20D,21D,22D,23D,24D,25D,26D. The maximum absolute atomic E-state index is 9.31. The Balaban J connectivity index is 1.32. The molecule has 0 amide bonds. The Morgan fingerprint density at radius 2 is 0.714 bits per heavy atom. The van der Waals surface area contributed by atoms with E-state index in [0.717, 1.165) is 11.1 Å². The Hall–Kier alpha value is -7.56. The Bertz CT molecular complexity index is 3820. The molecule has 3 aromatic heterocycles. The quantitative estimate of drug-likeness (QED) is 0.171. The van der Waals surface area contributed by atoms with Gasteiger partial charge in [0.15, 0.2) is 5.82 Å². The summed E-state index contributed by atoms with van der Waals surface area (Å²) in [5.41, 5.74) is 3.55. The zero-order valence-corrected chi connectivity index (χ0v) is 29.2. The first-order valence-corrected chi connectivity index (χ1v) is 17.7. The number of aromatic nitrogens is 4. The van der Waals surface area contributed by atoms with Gasteiger partial charge in [-0.05, 0) is 59.6 Å². The van der Waals surface area contributed by atoms with E-state index < -0.39 is 96.7 Å². The summed E-state index contributed by atoms with van der Waals surface area (Å²) in [4.78, 5) is 10.1. The molecule has 0 unspecified atom stereocenters. The maximum atomic E-state index is 9.31. The van der Waals surface area contributed by atoms with Crippen molar-refractivity contribution in [2.24, 2.45) is 0 Å². The smallest absolute Gasteiger partial charge is 0.160 e. The van der Waals surface area contributed by atoms with Crippen LogP contribution in [0.5, 0.6) is 0 Å². The second-order valence-electron chi connectivity index (χ2n) is 13.1. The van der Waals surface area contributed by atoms with Crippen LogP contribution in [0, 0.1) is 0 Å². The molecule has 0 aliphatic rings. The highest BCUT2D eigenvalue weighted by Crippen LogP contribution is 2.38. The van der Waals surface area contributed by atoms with Gasteiger partial charge in [0, 0.05) is 49.6 Å². The molecule has 11 rings (SSSR count). The molecule has 4 heteroatoms. The number of fused-ring (bicyclic) bond motifs is 6. The van der Waals surface area contributed by atoms with Crippen molar-refractivity contribution in [3.63, 3.8) is 0 Å². The number of rotatable bonds is 6. The van der Waals surface area contributed by atoms with E-state index in [4.69, 9.17) is 26.4 Å². The number of benzene rings is 8. The molecule has 0 spiro atoms. The molecule has 0 saturated heterocycles. The number of hydrogen-bond acceptors (Lipinski definition) is 2. The van der Waals surface area contributed by atoms with Crippen LogP contribution in [0.15, 0.2) is 206 Å². The Labute approximate surface area is 346 Å². The fraction of sp³-hybridized carbons (Fsp3) is 0.